The number of ether oxygens (including phenoxy) is 2. The van der Waals surface area contributed by atoms with Gasteiger partial charge in [0.2, 0.25) is 0 Å². The van der Waals surface area contributed by atoms with Crippen molar-refractivity contribution < 1.29 is 19.1 Å². The smallest absolute Gasteiger partial charge is 0.408 e. The fraction of sp³-hybridized carbons (Fsp3) is 0.500. The molecule has 1 fully saturated rings. The van der Waals surface area contributed by atoms with Crippen LogP contribution in [0.25, 0.3) is 11.0 Å². The highest BCUT2D eigenvalue weighted by molar-refractivity contribution is 5.81. The lowest BCUT2D eigenvalue weighted by molar-refractivity contribution is -0.147. The van der Waals surface area contributed by atoms with Gasteiger partial charge in [-0.15, -0.1) is 0 Å². The first kappa shape index (κ1) is 26.7. The molecule has 0 spiro atoms. The minimum absolute atomic E-state index is 0.145. The van der Waals surface area contributed by atoms with Crippen LogP contribution < -0.4 is 5.32 Å². The number of carbonyl (C=O) groups is 2. The molecule has 0 radical (unpaired) electrons. The Hall–Kier alpha value is -3.35. The Morgan fingerprint density at radius 3 is 2.46 bits per heavy atom. The molecule has 3 aromatic rings. The number of alkyl carbamates (subject to hydrolysis) is 1. The Morgan fingerprint density at radius 2 is 1.73 bits per heavy atom. The van der Waals surface area contributed by atoms with Crippen molar-refractivity contribution >= 4 is 23.1 Å². The highest BCUT2D eigenvalue weighted by atomic mass is 16.6. The van der Waals surface area contributed by atoms with Crippen molar-refractivity contribution in [2.24, 2.45) is 5.92 Å². The van der Waals surface area contributed by atoms with Crippen LogP contribution >= 0.6 is 0 Å². The maximum absolute atomic E-state index is 13.1. The van der Waals surface area contributed by atoms with E-state index in [4.69, 9.17) is 14.5 Å². The third-order valence-corrected chi connectivity index (χ3v) is 6.76. The second-order valence-corrected chi connectivity index (χ2v) is 11.0. The molecule has 198 valence electrons. The van der Waals surface area contributed by atoms with Gasteiger partial charge in [-0.3, -0.25) is 0 Å². The van der Waals surface area contributed by atoms with Crippen molar-refractivity contribution in [3.63, 3.8) is 0 Å². The zero-order chi connectivity index (χ0) is 26.3. The van der Waals surface area contributed by atoms with E-state index in [0.717, 1.165) is 29.0 Å². The number of rotatable bonds is 9. The predicted octanol–water partition coefficient (Wildman–Crippen LogP) is 6.19. The Bertz CT molecular complexity index is 1180. The molecule has 1 amide bonds. The molecule has 7 heteroatoms. The van der Waals surface area contributed by atoms with Crippen LogP contribution in [0.1, 0.15) is 70.7 Å². The maximum atomic E-state index is 13.1. The van der Waals surface area contributed by atoms with E-state index in [1.165, 1.54) is 32.1 Å². The molecule has 0 aliphatic heterocycles. The van der Waals surface area contributed by atoms with E-state index in [-0.39, 0.29) is 6.61 Å². The van der Waals surface area contributed by atoms with Crippen molar-refractivity contribution in [3.05, 3.63) is 66.0 Å². The number of imidazole rings is 1. The standard InChI is InChI=1S/C30H39N3O4/c1-30(2,3)37-29(35)32-25(28(34)36-21-23-14-8-5-9-15-23)18-19-27-31-24-16-10-11-17-26(24)33(27)20-22-12-6-4-7-13-22/h5,8-11,14-17,22,25H,4,6-7,12-13,18-21H2,1-3H3,(H,32,35). The number of nitrogens with one attached hydrogen (secondary N) is 1. The number of hydrogen-bond donors (Lipinski definition) is 1. The van der Waals surface area contributed by atoms with Gasteiger partial charge in [-0.25, -0.2) is 14.6 Å². The highest BCUT2D eigenvalue weighted by Gasteiger charge is 2.27. The largest absolute Gasteiger partial charge is 0.459 e. The summed E-state index contributed by atoms with van der Waals surface area (Å²) in [5.41, 5.74) is 2.29. The molecule has 1 unspecified atom stereocenters. The van der Waals surface area contributed by atoms with Crippen LogP contribution in [0.3, 0.4) is 0 Å². The molecule has 2 aromatic carbocycles. The van der Waals surface area contributed by atoms with E-state index < -0.39 is 23.7 Å². The third-order valence-electron chi connectivity index (χ3n) is 6.76. The molecule has 4 rings (SSSR count). The van der Waals surface area contributed by atoms with Gasteiger partial charge in [-0.2, -0.15) is 0 Å². The number of aryl methyl sites for hydroxylation is 1. The van der Waals surface area contributed by atoms with Gasteiger partial charge in [0, 0.05) is 13.0 Å². The Labute approximate surface area is 219 Å². The van der Waals surface area contributed by atoms with Crippen molar-refractivity contribution in [1.82, 2.24) is 14.9 Å². The number of fused-ring (bicyclic) bond motifs is 1. The first-order valence-electron chi connectivity index (χ1n) is 13.4. The molecule has 1 atom stereocenters. The fourth-order valence-electron chi connectivity index (χ4n) is 4.95. The number of hydrogen-bond acceptors (Lipinski definition) is 5. The lowest BCUT2D eigenvalue weighted by Gasteiger charge is -2.24. The lowest BCUT2D eigenvalue weighted by Crippen LogP contribution is -2.44. The molecule has 1 aromatic heterocycles. The monoisotopic (exact) mass is 505 g/mol. The zero-order valence-corrected chi connectivity index (χ0v) is 22.2. The molecule has 1 aliphatic rings. The average Bonchev–Trinajstić information content (AvgIpc) is 3.22. The summed E-state index contributed by atoms with van der Waals surface area (Å²) in [6.07, 6.45) is 6.61. The van der Waals surface area contributed by atoms with Crippen LogP contribution in [0.4, 0.5) is 4.79 Å². The van der Waals surface area contributed by atoms with Crippen molar-refractivity contribution in [1.29, 1.82) is 0 Å². The molecule has 37 heavy (non-hydrogen) atoms. The minimum atomic E-state index is -0.846. The second-order valence-electron chi connectivity index (χ2n) is 11.0. The van der Waals surface area contributed by atoms with E-state index in [9.17, 15) is 9.59 Å². The van der Waals surface area contributed by atoms with Crippen LogP contribution in [0.15, 0.2) is 54.6 Å². The number of esters is 1. The first-order valence-corrected chi connectivity index (χ1v) is 13.4. The Kier molecular flexibility index (Phi) is 8.85. The molecule has 1 N–H and O–H groups in total. The number of nitrogens with zero attached hydrogens (tertiary/aromatic N) is 2. The molecule has 1 aliphatic carbocycles. The fourth-order valence-corrected chi connectivity index (χ4v) is 4.95. The molecule has 1 saturated carbocycles. The normalized spacial score (nSPS) is 15.3. The molecular weight excluding hydrogens is 466 g/mol. The van der Waals surface area contributed by atoms with E-state index in [0.29, 0.717) is 18.8 Å². The average molecular weight is 506 g/mol. The molecule has 0 saturated heterocycles. The summed E-state index contributed by atoms with van der Waals surface area (Å²) in [7, 11) is 0. The second kappa shape index (κ2) is 12.3. The highest BCUT2D eigenvalue weighted by Crippen LogP contribution is 2.28. The lowest BCUT2D eigenvalue weighted by atomic mass is 9.89. The summed E-state index contributed by atoms with van der Waals surface area (Å²) in [6, 6.07) is 16.8. The van der Waals surface area contributed by atoms with Gasteiger partial charge in [0.25, 0.3) is 0 Å². The summed E-state index contributed by atoms with van der Waals surface area (Å²) < 4.78 is 13.3. The van der Waals surface area contributed by atoms with Crippen LogP contribution in [-0.2, 0) is 33.8 Å². The van der Waals surface area contributed by atoms with E-state index in [1.54, 1.807) is 20.8 Å². The SMILES string of the molecule is CC(C)(C)OC(=O)NC(CCc1nc2ccccc2n1CC1CCCCC1)C(=O)OCc1ccccc1. The summed E-state index contributed by atoms with van der Waals surface area (Å²) in [5, 5.41) is 2.74. The van der Waals surface area contributed by atoms with Crippen molar-refractivity contribution in [2.45, 2.75) is 90.5 Å². The summed E-state index contributed by atoms with van der Waals surface area (Å²) in [4.78, 5) is 30.6. The molecule has 7 nitrogen and oxygen atoms in total. The summed E-state index contributed by atoms with van der Waals surface area (Å²) >= 11 is 0. The van der Waals surface area contributed by atoms with Crippen molar-refractivity contribution in [3.8, 4) is 0 Å². The topological polar surface area (TPSA) is 82.5 Å². The first-order chi connectivity index (χ1) is 17.8. The third kappa shape index (κ3) is 7.81. The van der Waals surface area contributed by atoms with Crippen LogP contribution in [-0.4, -0.2) is 33.3 Å². The van der Waals surface area contributed by atoms with Crippen LogP contribution in [0.2, 0.25) is 0 Å². The van der Waals surface area contributed by atoms with Crippen molar-refractivity contribution in [2.75, 3.05) is 0 Å². The maximum Gasteiger partial charge on any atom is 0.408 e. The van der Waals surface area contributed by atoms with Gasteiger partial charge in [-0.1, -0.05) is 61.7 Å². The van der Waals surface area contributed by atoms with E-state index in [2.05, 4.69) is 16.0 Å². The minimum Gasteiger partial charge on any atom is -0.459 e. The van der Waals surface area contributed by atoms with E-state index >= 15 is 0 Å². The number of amides is 1. The summed E-state index contributed by atoms with van der Waals surface area (Å²) in [6.45, 7) is 6.46. The van der Waals surface area contributed by atoms with Gasteiger partial charge in [0.15, 0.2) is 0 Å². The number of carbonyl (C=O) groups excluding carboxylic acids is 2. The Morgan fingerprint density at radius 1 is 1.03 bits per heavy atom. The van der Waals surface area contributed by atoms with Crippen LogP contribution in [0.5, 0.6) is 0 Å². The number of para-hydroxylation sites is 2. The Balaban J connectivity index is 1.50. The summed E-state index contributed by atoms with van der Waals surface area (Å²) in [5.74, 6) is 1.08. The van der Waals surface area contributed by atoms with E-state index in [1.807, 2.05) is 48.5 Å². The number of benzene rings is 2. The van der Waals surface area contributed by atoms with Gasteiger partial charge in [0.1, 0.15) is 24.1 Å². The molecular formula is C30H39N3O4. The van der Waals surface area contributed by atoms with Crippen LogP contribution in [0, 0.1) is 5.92 Å². The molecule has 0 bridgehead atoms. The van der Waals surface area contributed by atoms with Gasteiger partial charge < -0.3 is 19.4 Å². The quantitative estimate of drug-likeness (QED) is 0.351. The zero-order valence-electron chi connectivity index (χ0n) is 22.2. The van der Waals surface area contributed by atoms with Gasteiger partial charge in [-0.05, 0) is 63.6 Å². The van der Waals surface area contributed by atoms with Gasteiger partial charge in [0.05, 0.1) is 11.0 Å². The predicted molar refractivity (Wildman–Crippen MR) is 144 cm³/mol. The number of aromatic nitrogens is 2. The molecule has 1 heterocycles. The van der Waals surface area contributed by atoms with Gasteiger partial charge >= 0.3 is 12.1 Å².